The van der Waals surface area contributed by atoms with Crippen LogP contribution in [0.4, 0.5) is 5.69 Å². The fourth-order valence-electron chi connectivity index (χ4n) is 3.24. The molecule has 1 fully saturated rings. The molecule has 2 amide bonds. The lowest BCUT2D eigenvalue weighted by Gasteiger charge is -2.15. The fourth-order valence-corrected chi connectivity index (χ4v) is 3.24. The predicted octanol–water partition coefficient (Wildman–Crippen LogP) is 1.50. The number of aromatic amines is 1. The van der Waals surface area contributed by atoms with E-state index in [4.69, 9.17) is 9.47 Å². The van der Waals surface area contributed by atoms with Crippen molar-refractivity contribution < 1.29 is 19.1 Å². The topological polar surface area (TPSA) is 109 Å². The Balaban J connectivity index is 1.66. The number of carbonyl (C=O) groups is 2. The number of benzene rings is 1. The number of nitrogens with one attached hydrogen (secondary N) is 3. The Hall–Kier alpha value is -3.07. The number of hydrogen-bond acceptors (Lipinski definition) is 6. The van der Waals surface area contributed by atoms with Crippen LogP contribution in [0.15, 0.2) is 24.4 Å². The Kier molecular flexibility index (Phi) is 6.49. The van der Waals surface area contributed by atoms with Crippen LogP contribution in [0.5, 0.6) is 11.5 Å². The summed E-state index contributed by atoms with van der Waals surface area (Å²) in [5, 5.41) is 12.1. The third kappa shape index (κ3) is 4.42. The van der Waals surface area contributed by atoms with Gasteiger partial charge in [-0.25, -0.2) is 0 Å². The van der Waals surface area contributed by atoms with Crippen LogP contribution >= 0.6 is 0 Å². The zero-order valence-electron chi connectivity index (χ0n) is 16.1. The van der Waals surface area contributed by atoms with E-state index in [9.17, 15) is 9.59 Å². The highest BCUT2D eigenvalue weighted by Crippen LogP contribution is 2.29. The van der Waals surface area contributed by atoms with Crippen molar-refractivity contribution in [1.82, 2.24) is 20.4 Å². The second-order valence-corrected chi connectivity index (χ2v) is 6.45. The summed E-state index contributed by atoms with van der Waals surface area (Å²) in [6, 6.07) is 5.06. The number of anilines is 1. The van der Waals surface area contributed by atoms with Crippen LogP contribution in [0.1, 0.15) is 33.7 Å². The van der Waals surface area contributed by atoms with Gasteiger partial charge in [-0.05, 0) is 38.1 Å². The zero-order chi connectivity index (χ0) is 19.9. The van der Waals surface area contributed by atoms with Gasteiger partial charge in [-0.1, -0.05) is 6.07 Å². The highest BCUT2D eigenvalue weighted by molar-refractivity contribution is 6.10. The molecule has 1 aliphatic rings. The first-order chi connectivity index (χ1) is 13.6. The summed E-state index contributed by atoms with van der Waals surface area (Å²) in [6.07, 6.45) is 3.81. The first-order valence-electron chi connectivity index (χ1n) is 9.20. The maximum Gasteiger partial charge on any atom is 0.271 e. The van der Waals surface area contributed by atoms with Gasteiger partial charge in [0.1, 0.15) is 22.8 Å². The van der Waals surface area contributed by atoms with Crippen LogP contribution < -0.4 is 20.1 Å². The number of nitrogens with zero attached hydrogens (tertiary/aromatic N) is 2. The minimum absolute atomic E-state index is 0.198. The number of carbonyl (C=O) groups excluding carboxylic acids is 2. The van der Waals surface area contributed by atoms with E-state index in [1.54, 1.807) is 18.2 Å². The lowest BCUT2D eigenvalue weighted by molar-refractivity contribution is 0.0945. The Morgan fingerprint density at radius 2 is 1.82 bits per heavy atom. The van der Waals surface area contributed by atoms with Gasteiger partial charge in [-0.15, -0.1) is 0 Å². The Labute approximate surface area is 163 Å². The van der Waals surface area contributed by atoms with E-state index >= 15 is 0 Å². The summed E-state index contributed by atoms with van der Waals surface area (Å²) >= 11 is 0. The summed E-state index contributed by atoms with van der Waals surface area (Å²) in [6.45, 7) is 3.48. The summed E-state index contributed by atoms with van der Waals surface area (Å²) < 4.78 is 10.5. The number of ether oxygens (including phenoxy) is 2. The number of H-pyrrole nitrogens is 1. The molecule has 3 N–H and O–H groups in total. The largest absolute Gasteiger partial charge is 0.496 e. The summed E-state index contributed by atoms with van der Waals surface area (Å²) in [5.41, 5.74) is 0.731. The SMILES string of the molecule is COc1cccc(OC)c1C(=O)Nc1cn[nH]c1C(=O)NCCN1CCCC1. The van der Waals surface area contributed by atoms with E-state index in [1.165, 1.54) is 33.3 Å². The number of likely N-dealkylation sites (tertiary alicyclic amines) is 1. The van der Waals surface area contributed by atoms with E-state index in [0.717, 1.165) is 19.6 Å². The molecule has 0 bridgehead atoms. The number of rotatable bonds is 8. The number of amides is 2. The standard InChI is InChI=1S/C19H25N5O4/c1-27-14-6-5-7-15(28-2)16(14)18(25)22-13-12-21-23-17(13)19(26)20-8-11-24-9-3-4-10-24/h5-7,12H,3-4,8-11H2,1-2H3,(H,20,26)(H,21,23)(H,22,25). The molecule has 9 nitrogen and oxygen atoms in total. The minimum atomic E-state index is -0.457. The molecular formula is C19H25N5O4. The Morgan fingerprint density at radius 3 is 2.46 bits per heavy atom. The average Bonchev–Trinajstić information content (AvgIpc) is 3.39. The van der Waals surface area contributed by atoms with Crippen molar-refractivity contribution in [3.63, 3.8) is 0 Å². The first-order valence-corrected chi connectivity index (χ1v) is 9.20. The maximum atomic E-state index is 12.8. The summed E-state index contributed by atoms with van der Waals surface area (Å²) in [5.74, 6) is -0.0327. The minimum Gasteiger partial charge on any atom is -0.496 e. The van der Waals surface area contributed by atoms with E-state index in [-0.39, 0.29) is 22.9 Å². The molecule has 3 rings (SSSR count). The molecule has 150 valence electrons. The van der Waals surface area contributed by atoms with Crippen molar-refractivity contribution >= 4 is 17.5 Å². The number of aromatic nitrogens is 2. The van der Waals surface area contributed by atoms with Gasteiger partial charge in [-0.3, -0.25) is 14.7 Å². The van der Waals surface area contributed by atoms with Crippen LogP contribution in [0.2, 0.25) is 0 Å². The average molecular weight is 387 g/mol. The maximum absolute atomic E-state index is 12.8. The highest BCUT2D eigenvalue weighted by Gasteiger charge is 2.22. The molecular weight excluding hydrogens is 362 g/mol. The van der Waals surface area contributed by atoms with E-state index in [2.05, 4.69) is 25.7 Å². The van der Waals surface area contributed by atoms with Gasteiger partial charge in [0.25, 0.3) is 11.8 Å². The van der Waals surface area contributed by atoms with E-state index < -0.39 is 5.91 Å². The van der Waals surface area contributed by atoms with Crippen molar-refractivity contribution in [2.45, 2.75) is 12.8 Å². The Morgan fingerprint density at radius 1 is 1.14 bits per heavy atom. The van der Waals surface area contributed by atoms with E-state index in [1.807, 2.05) is 0 Å². The van der Waals surface area contributed by atoms with Gasteiger partial charge in [0.2, 0.25) is 0 Å². The molecule has 1 aromatic carbocycles. The second kappa shape index (κ2) is 9.23. The summed E-state index contributed by atoms with van der Waals surface area (Å²) in [4.78, 5) is 27.6. The normalized spacial score (nSPS) is 13.9. The molecule has 1 saturated heterocycles. The molecule has 9 heteroatoms. The molecule has 28 heavy (non-hydrogen) atoms. The van der Waals surface area contributed by atoms with Gasteiger partial charge in [0, 0.05) is 13.1 Å². The van der Waals surface area contributed by atoms with Crippen molar-refractivity contribution in [3.05, 3.63) is 35.7 Å². The molecule has 0 atom stereocenters. The number of hydrogen-bond donors (Lipinski definition) is 3. The molecule has 2 heterocycles. The van der Waals surface area contributed by atoms with Crippen LogP contribution in [-0.4, -0.2) is 67.3 Å². The Bertz CT molecular complexity index is 807. The number of methoxy groups -OCH3 is 2. The first kappa shape index (κ1) is 19.7. The van der Waals surface area contributed by atoms with Gasteiger partial charge >= 0.3 is 0 Å². The highest BCUT2D eigenvalue weighted by atomic mass is 16.5. The van der Waals surface area contributed by atoms with Crippen molar-refractivity contribution in [1.29, 1.82) is 0 Å². The molecule has 0 spiro atoms. The zero-order valence-corrected chi connectivity index (χ0v) is 16.1. The van der Waals surface area contributed by atoms with Crippen LogP contribution in [0, 0.1) is 0 Å². The van der Waals surface area contributed by atoms with Gasteiger partial charge in [-0.2, -0.15) is 5.10 Å². The third-order valence-electron chi connectivity index (χ3n) is 4.68. The molecule has 1 aliphatic heterocycles. The smallest absolute Gasteiger partial charge is 0.271 e. The molecule has 1 aromatic heterocycles. The van der Waals surface area contributed by atoms with Gasteiger partial charge in [0.15, 0.2) is 0 Å². The lowest BCUT2D eigenvalue weighted by Crippen LogP contribution is -2.34. The van der Waals surface area contributed by atoms with Crippen LogP contribution in [-0.2, 0) is 0 Å². The van der Waals surface area contributed by atoms with Crippen molar-refractivity contribution in [3.8, 4) is 11.5 Å². The molecule has 0 radical (unpaired) electrons. The summed E-state index contributed by atoms with van der Waals surface area (Å²) in [7, 11) is 2.95. The lowest BCUT2D eigenvalue weighted by atomic mass is 10.1. The van der Waals surface area contributed by atoms with Crippen molar-refractivity contribution in [2.75, 3.05) is 45.7 Å². The fraction of sp³-hybridized carbons (Fsp3) is 0.421. The van der Waals surface area contributed by atoms with Gasteiger partial charge in [0.05, 0.1) is 26.1 Å². The molecule has 2 aromatic rings. The van der Waals surface area contributed by atoms with Crippen LogP contribution in [0.25, 0.3) is 0 Å². The van der Waals surface area contributed by atoms with Gasteiger partial charge < -0.3 is 25.0 Å². The molecule has 0 saturated carbocycles. The quantitative estimate of drug-likeness (QED) is 0.634. The molecule has 0 aliphatic carbocycles. The predicted molar refractivity (Wildman–Crippen MR) is 104 cm³/mol. The van der Waals surface area contributed by atoms with Crippen LogP contribution in [0.3, 0.4) is 0 Å². The van der Waals surface area contributed by atoms with E-state index in [0.29, 0.717) is 18.0 Å². The monoisotopic (exact) mass is 387 g/mol. The second-order valence-electron chi connectivity index (χ2n) is 6.45. The molecule has 0 unspecified atom stereocenters. The van der Waals surface area contributed by atoms with Crippen molar-refractivity contribution in [2.24, 2.45) is 0 Å². The third-order valence-corrected chi connectivity index (χ3v) is 4.68.